The largest absolute Gasteiger partial charge is 0.398 e. The number of aliphatic hydroxyl groups excluding tert-OH is 1. The molecule has 3 nitrogen and oxygen atoms in total. The van der Waals surface area contributed by atoms with Crippen LogP contribution in [0.25, 0.3) is 0 Å². The van der Waals surface area contributed by atoms with Crippen molar-refractivity contribution in [1.82, 2.24) is 0 Å². The summed E-state index contributed by atoms with van der Waals surface area (Å²) in [5, 5.41) is 15.7. The summed E-state index contributed by atoms with van der Waals surface area (Å²) >= 11 is 0. The Balaban J connectivity index is 4.14. The van der Waals surface area contributed by atoms with Gasteiger partial charge in [-0.2, -0.15) is 0 Å². The van der Waals surface area contributed by atoms with Crippen molar-refractivity contribution in [2.45, 2.75) is 20.3 Å². The Hall–Kier alpha value is -1.35. The van der Waals surface area contributed by atoms with Crippen LogP contribution in [-0.4, -0.2) is 17.9 Å². The van der Waals surface area contributed by atoms with E-state index in [0.717, 1.165) is 17.6 Å². The highest BCUT2D eigenvalue weighted by Crippen LogP contribution is 1.99. The normalized spacial score (nSPS) is 14.4. The molecule has 0 saturated carbocycles. The molecule has 0 unspecified atom stereocenters. The van der Waals surface area contributed by atoms with Crippen molar-refractivity contribution in [3.05, 3.63) is 35.1 Å². The van der Waals surface area contributed by atoms with Gasteiger partial charge in [0, 0.05) is 11.9 Å². The molecule has 0 fully saturated rings. The summed E-state index contributed by atoms with van der Waals surface area (Å²) in [7, 11) is 0. The van der Waals surface area contributed by atoms with Crippen molar-refractivity contribution in [2.24, 2.45) is 5.73 Å². The van der Waals surface area contributed by atoms with Gasteiger partial charge < -0.3 is 16.2 Å². The number of nitrogens with two attached hydrogens (primary N) is 1. The van der Waals surface area contributed by atoms with Crippen LogP contribution < -0.4 is 5.73 Å². The second-order valence-electron chi connectivity index (χ2n) is 3.13. The van der Waals surface area contributed by atoms with Crippen molar-refractivity contribution in [2.75, 3.05) is 6.61 Å². The Morgan fingerprint density at radius 3 is 2.57 bits per heavy atom. The second kappa shape index (κ2) is 7.09. The molecule has 0 aromatic carbocycles. The van der Waals surface area contributed by atoms with Crippen LogP contribution in [0.3, 0.4) is 0 Å². The highest BCUT2D eigenvalue weighted by atomic mass is 16.3. The van der Waals surface area contributed by atoms with Crippen molar-refractivity contribution in [3.63, 3.8) is 0 Å². The van der Waals surface area contributed by atoms with Gasteiger partial charge >= 0.3 is 0 Å². The van der Waals surface area contributed by atoms with Crippen LogP contribution in [0.5, 0.6) is 0 Å². The first-order chi connectivity index (χ1) is 6.61. The quantitative estimate of drug-likeness (QED) is 0.354. The maximum Gasteiger partial charge on any atom is 0.0639 e. The highest BCUT2D eigenvalue weighted by molar-refractivity contribution is 5.76. The summed E-state index contributed by atoms with van der Waals surface area (Å²) < 4.78 is 0. The number of hydrogen-bond donors (Lipinski definition) is 3. The molecule has 4 N–H and O–H groups in total. The van der Waals surface area contributed by atoms with Gasteiger partial charge in [0.2, 0.25) is 0 Å². The Kier molecular flexibility index (Phi) is 6.41. The third-order valence-electron chi connectivity index (χ3n) is 1.82. The first-order valence-corrected chi connectivity index (χ1v) is 4.51. The van der Waals surface area contributed by atoms with E-state index in [0.29, 0.717) is 5.70 Å². The van der Waals surface area contributed by atoms with Gasteiger partial charge in [0.15, 0.2) is 0 Å². The van der Waals surface area contributed by atoms with Crippen molar-refractivity contribution >= 4 is 6.21 Å². The molecule has 0 aliphatic heterocycles. The van der Waals surface area contributed by atoms with Gasteiger partial charge in [-0.1, -0.05) is 17.7 Å². The van der Waals surface area contributed by atoms with Gasteiger partial charge in [0.25, 0.3) is 0 Å². The number of rotatable bonds is 5. The average Bonchev–Trinajstić information content (AvgIpc) is 2.22. The molecule has 0 saturated heterocycles. The number of allylic oxidation sites excluding steroid dienone is 4. The molecule has 0 spiro atoms. The predicted octanol–water partition coefficient (Wildman–Crippen LogP) is 1.75. The Bertz CT molecular complexity index is 275. The summed E-state index contributed by atoms with van der Waals surface area (Å²) in [5.74, 6) is 0. The smallest absolute Gasteiger partial charge is 0.0639 e. The van der Waals surface area contributed by atoms with Crippen molar-refractivity contribution < 1.29 is 5.11 Å². The fraction of sp³-hybridized carbons (Fsp3) is 0.364. The van der Waals surface area contributed by atoms with Gasteiger partial charge in [-0.3, -0.25) is 0 Å². The lowest BCUT2D eigenvalue weighted by atomic mass is 10.2. The van der Waals surface area contributed by atoms with E-state index in [1.807, 2.05) is 19.1 Å². The fourth-order valence-electron chi connectivity index (χ4n) is 0.744. The van der Waals surface area contributed by atoms with E-state index in [1.165, 1.54) is 6.21 Å². The van der Waals surface area contributed by atoms with Gasteiger partial charge in [0.1, 0.15) is 0 Å². The third-order valence-corrected chi connectivity index (χ3v) is 1.82. The van der Waals surface area contributed by atoms with E-state index < -0.39 is 0 Å². The fourth-order valence-corrected chi connectivity index (χ4v) is 0.744. The highest BCUT2D eigenvalue weighted by Gasteiger charge is 1.88. The van der Waals surface area contributed by atoms with Gasteiger partial charge in [0.05, 0.1) is 6.61 Å². The molecule has 14 heavy (non-hydrogen) atoms. The van der Waals surface area contributed by atoms with E-state index in [2.05, 4.69) is 0 Å². The van der Waals surface area contributed by atoms with Gasteiger partial charge in [-0.05, 0) is 31.9 Å². The van der Waals surface area contributed by atoms with E-state index in [1.54, 1.807) is 13.0 Å². The minimum Gasteiger partial charge on any atom is -0.398 e. The molecule has 0 heterocycles. The zero-order valence-corrected chi connectivity index (χ0v) is 8.75. The molecule has 0 aliphatic rings. The summed E-state index contributed by atoms with van der Waals surface area (Å²) in [6, 6.07) is 0. The Morgan fingerprint density at radius 1 is 1.43 bits per heavy atom. The molecule has 0 aromatic heterocycles. The summed E-state index contributed by atoms with van der Waals surface area (Å²) in [6.07, 6.45) is 7.60. The van der Waals surface area contributed by atoms with Crippen LogP contribution in [0.4, 0.5) is 0 Å². The Morgan fingerprint density at radius 2 is 2.07 bits per heavy atom. The number of aliphatic hydroxyl groups is 1. The predicted molar refractivity (Wildman–Crippen MR) is 60.3 cm³/mol. The third kappa shape index (κ3) is 5.32. The molecule has 0 rings (SSSR count). The molecule has 0 aliphatic carbocycles. The lowest BCUT2D eigenvalue weighted by Crippen LogP contribution is -1.97. The molecular formula is C11H18N2O. The molecule has 0 radical (unpaired) electrons. The summed E-state index contributed by atoms with van der Waals surface area (Å²) in [5.41, 5.74) is 7.95. The topological polar surface area (TPSA) is 70.1 Å². The van der Waals surface area contributed by atoms with Crippen LogP contribution in [0.15, 0.2) is 35.1 Å². The summed E-state index contributed by atoms with van der Waals surface area (Å²) in [6.45, 7) is 3.76. The maximum absolute atomic E-state index is 8.71. The van der Waals surface area contributed by atoms with E-state index in [9.17, 15) is 0 Å². The van der Waals surface area contributed by atoms with E-state index >= 15 is 0 Å². The van der Waals surface area contributed by atoms with Crippen molar-refractivity contribution in [1.29, 1.82) is 5.41 Å². The average molecular weight is 194 g/mol. The number of hydrogen-bond acceptors (Lipinski definition) is 3. The monoisotopic (exact) mass is 194 g/mol. The lowest BCUT2D eigenvalue weighted by Gasteiger charge is -1.95. The Labute approximate surface area is 85.1 Å². The van der Waals surface area contributed by atoms with Gasteiger partial charge in [-0.25, -0.2) is 0 Å². The maximum atomic E-state index is 8.71. The first-order valence-electron chi connectivity index (χ1n) is 4.51. The van der Waals surface area contributed by atoms with Crippen LogP contribution in [0.2, 0.25) is 0 Å². The van der Waals surface area contributed by atoms with Crippen LogP contribution in [-0.2, 0) is 0 Å². The minimum atomic E-state index is 0.0959. The van der Waals surface area contributed by atoms with E-state index in [4.69, 9.17) is 16.2 Å². The molecule has 0 amide bonds. The summed E-state index contributed by atoms with van der Waals surface area (Å²) in [4.78, 5) is 0. The first kappa shape index (κ1) is 12.7. The number of nitrogens with one attached hydrogen (secondary N) is 1. The van der Waals surface area contributed by atoms with Crippen LogP contribution in [0.1, 0.15) is 20.3 Å². The molecule has 0 atom stereocenters. The molecule has 78 valence electrons. The molecular weight excluding hydrogens is 176 g/mol. The zero-order chi connectivity index (χ0) is 11.0. The van der Waals surface area contributed by atoms with Crippen LogP contribution >= 0.6 is 0 Å². The second-order valence-corrected chi connectivity index (χ2v) is 3.13. The molecule has 3 heteroatoms. The molecule has 0 aromatic rings. The van der Waals surface area contributed by atoms with Gasteiger partial charge in [-0.15, -0.1) is 0 Å². The standard InChI is InChI=1S/C11H18N2O/c1-9(8-14)5-3-4-6-11(13)10(2)7-12/h4-7,12,14H,3,8,13H2,1-2H3/b6-4?,9-5+,11-10-,12-7?. The minimum absolute atomic E-state index is 0.0959. The lowest BCUT2D eigenvalue weighted by molar-refractivity contribution is 0.331. The molecule has 0 bridgehead atoms. The van der Waals surface area contributed by atoms with Crippen LogP contribution in [0, 0.1) is 5.41 Å². The SMILES string of the molecule is C/C(C=N)=C(/N)C=CC/C=C(\C)CO. The van der Waals surface area contributed by atoms with E-state index in [-0.39, 0.29) is 6.61 Å². The van der Waals surface area contributed by atoms with Crippen molar-refractivity contribution in [3.8, 4) is 0 Å². The zero-order valence-electron chi connectivity index (χ0n) is 8.75.